The van der Waals surface area contributed by atoms with Crippen LogP contribution < -0.4 is 9.47 Å². The Morgan fingerprint density at radius 1 is 1.03 bits per heavy atom. The maximum Gasteiger partial charge on any atom is 0.295 e. The summed E-state index contributed by atoms with van der Waals surface area (Å²) in [5.74, 6) is -0.339. The minimum Gasteiger partial charge on any atom is -0.507 e. The summed E-state index contributed by atoms with van der Waals surface area (Å²) in [6.45, 7) is 7.76. The fourth-order valence-electron chi connectivity index (χ4n) is 3.93. The average Bonchev–Trinajstić information content (AvgIpc) is 3.07. The van der Waals surface area contributed by atoms with Crippen molar-refractivity contribution in [2.75, 3.05) is 40.4 Å². The number of aryl methyl sites for hydroxylation is 1. The molecule has 1 amide bonds. The maximum atomic E-state index is 13.2. The standard InChI is InChI=1S/C27H34N2O5/c1-6-16-34-21-13-12-20(17-22(21)33-7-2)24-23(25(30)19-10-8-18(3)9-11-19)26(31)27(32)29(24)15-14-28(4)5/h8-13,17,24,30H,6-7,14-16H2,1-5H3. The van der Waals surface area contributed by atoms with E-state index in [9.17, 15) is 14.7 Å². The van der Waals surface area contributed by atoms with E-state index in [0.717, 1.165) is 12.0 Å². The van der Waals surface area contributed by atoms with Crippen LogP contribution >= 0.6 is 0 Å². The molecule has 1 N–H and O–H groups in total. The van der Waals surface area contributed by atoms with Crippen molar-refractivity contribution in [3.63, 3.8) is 0 Å². The molecule has 3 rings (SSSR count). The first-order chi connectivity index (χ1) is 16.3. The Morgan fingerprint density at radius 2 is 1.74 bits per heavy atom. The van der Waals surface area contributed by atoms with Gasteiger partial charge in [0.15, 0.2) is 11.5 Å². The molecule has 2 aromatic carbocycles. The van der Waals surface area contributed by atoms with Crippen LogP contribution in [0.3, 0.4) is 0 Å². The highest BCUT2D eigenvalue weighted by Gasteiger charge is 2.46. The van der Waals surface area contributed by atoms with Crippen LogP contribution in [0.2, 0.25) is 0 Å². The van der Waals surface area contributed by atoms with Crippen molar-refractivity contribution in [1.82, 2.24) is 9.80 Å². The van der Waals surface area contributed by atoms with E-state index in [2.05, 4.69) is 0 Å². The first-order valence-electron chi connectivity index (χ1n) is 11.7. The van der Waals surface area contributed by atoms with Crippen LogP contribution in [0.5, 0.6) is 11.5 Å². The first-order valence-corrected chi connectivity index (χ1v) is 11.7. The van der Waals surface area contributed by atoms with Crippen molar-refractivity contribution in [1.29, 1.82) is 0 Å². The van der Waals surface area contributed by atoms with Gasteiger partial charge in [0.25, 0.3) is 11.7 Å². The van der Waals surface area contributed by atoms with E-state index in [1.807, 2.05) is 58.0 Å². The number of hydrogen-bond donors (Lipinski definition) is 1. The summed E-state index contributed by atoms with van der Waals surface area (Å²) in [4.78, 5) is 29.7. The van der Waals surface area contributed by atoms with Crippen LogP contribution in [0, 0.1) is 6.92 Å². The number of nitrogens with zero attached hydrogens (tertiary/aromatic N) is 2. The number of ether oxygens (including phenoxy) is 2. The van der Waals surface area contributed by atoms with Crippen LogP contribution in [0.15, 0.2) is 48.0 Å². The lowest BCUT2D eigenvalue weighted by Crippen LogP contribution is -2.35. The van der Waals surface area contributed by atoms with E-state index in [1.54, 1.807) is 24.3 Å². The van der Waals surface area contributed by atoms with E-state index in [-0.39, 0.29) is 11.3 Å². The second-order valence-corrected chi connectivity index (χ2v) is 8.65. The molecule has 7 heteroatoms. The molecule has 1 aliphatic heterocycles. The minimum atomic E-state index is -0.735. The number of carbonyl (C=O) groups is 2. The summed E-state index contributed by atoms with van der Waals surface area (Å²) in [6, 6.07) is 11.9. The number of amides is 1. The van der Waals surface area contributed by atoms with E-state index in [1.165, 1.54) is 4.90 Å². The highest BCUT2D eigenvalue weighted by molar-refractivity contribution is 6.46. The predicted octanol–water partition coefficient (Wildman–Crippen LogP) is 4.17. The lowest BCUT2D eigenvalue weighted by molar-refractivity contribution is -0.140. The molecule has 2 aromatic rings. The largest absolute Gasteiger partial charge is 0.507 e. The molecule has 1 unspecified atom stereocenters. The molecule has 0 aromatic heterocycles. The average molecular weight is 467 g/mol. The van der Waals surface area contributed by atoms with Crippen LogP contribution in [-0.4, -0.2) is 67.0 Å². The molecule has 0 radical (unpaired) electrons. The Bertz CT molecular complexity index is 1060. The van der Waals surface area contributed by atoms with Gasteiger partial charge in [0.05, 0.1) is 24.8 Å². The van der Waals surface area contributed by atoms with Gasteiger partial charge >= 0.3 is 0 Å². The maximum absolute atomic E-state index is 13.2. The van der Waals surface area contributed by atoms with Crippen molar-refractivity contribution in [3.05, 3.63) is 64.7 Å². The number of rotatable bonds is 10. The molecule has 182 valence electrons. The fraction of sp³-hybridized carbons (Fsp3) is 0.407. The van der Waals surface area contributed by atoms with Gasteiger partial charge in [0.2, 0.25) is 0 Å². The molecule has 1 aliphatic rings. The number of benzene rings is 2. The van der Waals surface area contributed by atoms with Gasteiger partial charge in [-0.3, -0.25) is 9.59 Å². The molecule has 0 bridgehead atoms. The Kier molecular flexibility index (Phi) is 8.34. The molecule has 0 aliphatic carbocycles. The van der Waals surface area contributed by atoms with Crippen molar-refractivity contribution in [2.24, 2.45) is 0 Å². The highest BCUT2D eigenvalue weighted by atomic mass is 16.5. The van der Waals surface area contributed by atoms with Crippen molar-refractivity contribution >= 4 is 17.4 Å². The highest BCUT2D eigenvalue weighted by Crippen LogP contribution is 2.42. The molecule has 1 atom stereocenters. The van der Waals surface area contributed by atoms with Gasteiger partial charge in [0, 0.05) is 18.7 Å². The Balaban J connectivity index is 2.15. The Hall–Kier alpha value is -3.32. The van der Waals surface area contributed by atoms with Crippen molar-refractivity contribution < 1.29 is 24.2 Å². The van der Waals surface area contributed by atoms with E-state index in [0.29, 0.717) is 48.9 Å². The number of Topliss-reactive ketones (excluding diaryl/α,β-unsaturated/α-hetero) is 1. The lowest BCUT2D eigenvalue weighted by Gasteiger charge is -2.27. The SMILES string of the molecule is CCCOc1ccc(C2C(=C(O)c3ccc(C)cc3)C(=O)C(=O)N2CCN(C)C)cc1OCC. The first kappa shape index (κ1) is 25.3. The second kappa shape index (κ2) is 11.2. The number of aliphatic hydroxyl groups excluding tert-OH is 1. The molecule has 1 saturated heterocycles. The van der Waals surface area contributed by atoms with Crippen molar-refractivity contribution in [2.45, 2.75) is 33.2 Å². The summed E-state index contributed by atoms with van der Waals surface area (Å²) in [5.41, 5.74) is 2.29. The second-order valence-electron chi connectivity index (χ2n) is 8.65. The summed E-state index contributed by atoms with van der Waals surface area (Å²) < 4.78 is 11.6. The molecule has 1 heterocycles. The molecular formula is C27H34N2O5. The number of likely N-dealkylation sites (tertiary alicyclic amines) is 1. The zero-order valence-corrected chi connectivity index (χ0v) is 20.6. The van der Waals surface area contributed by atoms with Crippen LogP contribution in [0.1, 0.15) is 43.0 Å². The summed E-state index contributed by atoms with van der Waals surface area (Å²) in [7, 11) is 3.82. The van der Waals surface area contributed by atoms with Gasteiger partial charge in [-0.05, 0) is 52.1 Å². The van der Waals surface area contributed by atoms with Crippen LogP contribution in [0.4, 0.5) is 0 Å². The number of likely N-dealkylation sites (N-methyl/N-ethyl adjacent to an activating group) is 1. The van der Waals surface area contributed by atoms with E-state index >= 15 is 0 Å². The van der Waals surface area contributed by atoms with Gasteiger partial charge in [-0.25, -0.2) is 0 Å². The van der Waals surface area contributed by atoms with Gasteiger partial charge in [-0.1, -0.05) is 42.8 Å². The number of ketones is 1. The monoisotopic (exact) mass is 466 g/mol. The molecule has 7 nitrogen and oxygen atoms in total. The zero-order chi connectivity index (χ0) is 24.8. The van der Waals surface area contributed by atoms with Crippen molar-refractivity contribution in [3.8, 4) is 11.5 Å². The third-order valence-corrected chi connectivity index (χ3v) is 5.70. The number of aliphatic hydroxyl groups is 1. The Morgan fingerprint density at radius 3 is 2.35 bits per heavy atom. The van der Waals surface area contributed by atoms with Gasteiger partial charge in [-0.2, -0.15) is 0 Å². The minimum absolute atomic E-state index is 0.0808. The summed E-state index contributed by atoms with van der Waals surface area (Å²) >= 11 is 0. The molecular weight excluding hydrogens is 432 g/mol. The lowest BCUT2D eigenvalue weighted by atomic mass is 9.94. The van der Waals surface area contributed by atoms with Crippen LogP contribution in [-0.2, 0) is 9.59 Å². The third-order valence-electron chi connectivity index (χ3n) is 5.70. The number of carbonyl (C=O) groups excluding carboxylic acids is 2. The van der Waals surface area contributed by atoms with Crippen LogP contribution in [0.25, 0.3) is 5.76 Å². The fourth-order valence-corrected chi connectivity index (χ4v) is 3.93. The molecule has 0 spiro atoms. The zero-order valence-electron chi connectivity index (χ0n) is 20.6. The third kappa shape index (κ3) is 5.42. The van der Waals surface area contributed by atoms with E-state index in [4.69, 9.17) is 9.47 Å². The predicted molar refractivity (Wildman–Crippen MR) is 132 cm³/mol. The van der Waals surface area contributed by atoms with Gasteiger partial charge < -0.3 is 24.4 Å². The summed E-state index contributed by atoms with van der Waals surface area (Å²) in [6.07, 6.45) is 0.856. The quantitative estimate of drug-likeness (QED) is 0.322. The molecule has 34 heavy (non-hydrogen) atoms. The normalized spacial score (nSPS) is 17.5. The molecule has 0 saturated carbocycles. The van der Waals surface area contributed by atoms with Gasteiger partial charge in [0.1, 0.15) is 5.76 Å². The molecule has 1 fully saturated rings. The summed E-state index contributed by atoms with van der Waals surface area (Å²) in [5, 5.41) is 11.2. The smallest absolute Gasteiger partial charge is 0.295 e. The van der Waals surface area contributed by atoms with Gasteiger partial charge in [-0.15, -0.1) is 0 Å². The number of hydrogen-bond acceptors (Lipinski definition) is 6. The topological polar surface area (TPSA) is 79.3 Å². The van der Waals surface area contributed by atoms with E-state index < -0.39 is 17.7 Å². The Labute approximate surface area is 201 Å².